The van der Waals surface area contributed by atoms with Crippen molar-refractivity contribution in [2.24, 2.45) is 0 Å². The van der Waals surface area contributed by atoms with Gasteiger partial charge >= 0.3 is 5.97 Å². The van der Waals surface area contributed by atoms with Crippen molar-refractivity contribution in [2.45, 2.75) is 39.2 Å². The van der Waals surface area contributed by atoms with E-state index in [4.69, 9.17) is 21.2 Å². The van der Waals surface area contributed by atoms with Crippen LogP contribution in [0.1, 0.15) is 28.7 Å². The first kappa shape index (κ1) is 28.4. The molecule has 0 radical (unpaired) electrons. The van der Waals surface area contributed by atoms with E-state index >= 15 is 0 Å². The monoisotopic (exact) mass is 536 g/mol. The van der Waals surface area contributed by atoms with Gasteiger partial charge in [0, 0.05) is 24.7 Å². The summed E-state index contributed by atoms with van der Waals surface area (Å²) in [6, 6.07) is 29.3. The average Bonchev–Trinajstić information content (AvgIpc) is 2.96. The summed E-state index contributed by atoms with van der Waals surface area (Å²) in [6.45, 7) is 10.5. The number of nitrogens with one attached hydrogen (secondary N) is 1. The Morgan fingerprint density at radius 1 is 0.925 bits per heavy atom. The molecule has 0 amide bonds. The van der Waals surface area contributed by atoms with E-state index in [-0.39, 0.29) is 19.6 Å². The third-order valence-corrected chi connectivity index (χ3v) is 6.50. The number of benzene rings is 4. The second-order valence-electron chi connectivity index (χ2n) is 9.47. The number of carboxylic acids is 1. The van der Waals surface area contributed by atoms with Crippen LogP contribution in [0.3, 0.4) is 0 Å². The van der Waals surface area contributed by atoms with Crippen LogP contribution < -0.4 is 14.8 Å². The smallest absolute Gasteiger partial charge is 0.306 e. The molecule has 7 heteroatoms. The average molecular weight is 537 g/mol. The van der Waals surface area contributed by atoms with Crippen molar-refractivity contribution in [1.29, 1.82) is 0 Å². The predicted molar refractivity (Wildman–Crippen MR) is 154 cm³/mol. The maximum Gasteiger partial charge on any atom is 0.306 e. The molecule has 40 heavy (non-hydrogen) atoms. The first-order valence-corrected chi connectivity index (χ1v) is 13.0. The Balaban J connectivity index is 1.49. The normalized spacial score (nSPS) is 11.4. The van der Waals surface area contributed by atoms with Gasteiger partial charge in [0.1, 0.15) is 24.7 Å². The van der Waals surface area contributed by atoms with Crippen molar-refractivity contribution < 1.29 is 24.5 Å². The standard InChI is InChI=1S/C33H32N2O5/c1-23-27(11-7-13-31(23)25-9-4-3-5-10-25)22-39-30-15-14-26(19-35-20-29(36)17-33(37)38)32(18-30)40-21-24-8-6-12-28(16-24)34-2/h3-16,18,29,35-36H,17,19-22H2,1H3,(H,37,38)/t29-/m0/s1. The highest BCUT2D eigenvalue weighted by Gasteiger charge is 2.12. The summed E-state index contributed by atoms with van der Waals surface area (Å²) in [6.07, 6.45) is -1.32. The minimum atomic E-state index is -1.05. The molecular weight excluding hydrogens is 504 g/mol. The molecule has 0 bridgehead atoms. The van der Waals surface area contributed by atoms with E-state index in [1.165, 1.54) is 5.56 Å². The van der Waals surface area contributed by atoms with Crippen molar-refractivity contribution in [3.05, 3.63) is 125 Å². The van der Waals surface area contributed by atoms with E-state index in [0.717, 1.165) is 27.8 Å². The van der Waals surface area contributed by atoms with Gasteiger partial charge < -0.3 is 25.0 Å². The zero-order valence-electron chi connectivity index (χ0n) is 22.3. The van der Waals surface area contributed by atoms with E-state index in [1.54, 1.807) is 12.1 Å². The quantitative estimate of drug-likeness (QED) is 0.174. The number of carboxylic acid groups (broad SMARTS) is 1. The molecule has 0 aromatic heterocycles. The van der Waals surface area contributed by atoms with E-state index in [2.05, 4.69) is 41.4 Å². The molecule has 4 rings (SSSR count). The summed E-state index contributed by atoms with van der Waals surface area (Å²) in [5.74, 6) is 0.191. The maximum absolute atomic E-state index is 10.8. The molecule has 204 valence electrons. The van der Waals surface area contributed by atoms with Crippen molar-refractivity contribution in [1.82, 2.24) is 5.32 Å². The lowest BCUT2D eigenvalue weighted by Gasteiger charge is -2.17. The van der Waals surface area contributed by atoms with Gasteiger partial charge in [-0.15, -0.1) is 0 Å². The Morgan fingerprint density at radius 2 is 1.73 bits per heavy atom. The molecule has 0 heterocycles. The van der Waals surface area contributed by atoms with Crippen molar-refractivity contribution in [2.75, 3.05) is 6.54 Å². The molecule has 7 nitrogen and oxygen atoms in total. The molecule has 4 aromatic carbocycles. The topological polar surface area (TPSA) is 92.4 Å². The van der Waals surface area contributed by atoms with Gasteiger partial charge in [-0.25, -0.2) is 4.85 Å². The van der Waals surface area contributed by atoms with Crippen LogP contribution >= 0.6 is 0 Å². The van der Waals surface area contributed by atoms with E-state index < -0.39 is 12.1 Å². The zero-order chi connectivity index (χ0) is 28.3. The summed E-state index contributed by atoms with van der Waals surface area (Å²) in [7, 11) is 0. The molecule has 0 saturated carbocycles. The fourth-order valence-corrected chi connectivity index (χ4v) is 4.36. The predicted octanol–water partition coefficient (Wildman–Crippen LogP) is 6.30. The second-order valence-corrected chi connectivity index (χ2v) is 9.47. The maximum atomic E-state index is 10.8. The van der Waals surface area contributed by atoms with Crippen LogP contribution in [0.15, 0.2) is 91.0 Å². The van der Waals surface area contributed by atoms with Crippen LogP contribution in [0.4, 0.5) is 5.69 Å². The van der Waals surface area contributed by atoms with Crippen LogP contribution in [-0.4, -0.2) is 28.8 Å². The first-order chi connectivity index (χ1) is 19.4. The third-order valence-electron chi connectivity index (χ3n) is 6.50. The van der Waals surface area contributed by atoms with E-state index in [1.807, 2.05) is 54.6 Å². The molecule has 4 aromatic rings. The van der Waals surface area contributed by atoms with Crippen LogP contribution in [-0.2, 0) is 24.6 Å². The summed E-state index contributed by atoms with van der Waals surface area (Å²) >= 11 is 0. The summed E-state index contributed by atoms with van der Waals surface area (Å²) < 4.78 is 12.3. The Bertz CT molecular complexity index is 1480. The van der Waals surface area contributed by atoms with Crippen LogP contribution in [0.5, 0.6) is 11.5 Å². The number of hydrogen-bond donors (Lipinski definition) is 3. The van der Waals surface area contributed by atoms with Crippen LogP contribution in [0.25, 0.3) is 16.0 Å². The lowest BCUT2D eigenvalue weighted by Crippen LogP contribution is -2.28. The number of nitrogens with zero attached hydrogens (tertiary/aromatic N) is 1. The SMILES string of the molecule is [C-]#[N+]c1cccc(COc2cc(OCc3cccc(-c4ccccc4)c3C)ccc2CNC[C@@H](O)CC(=O)O)c1. The highest BCUT2D eigenvalue weighted by Crippen LogP contribution is 2.29. The minimum absolute atomic E-state index is 0.133. The summed E-state index contributed by atoms with van der Waals surface area (Å²) in [5.41, 5.74) is 6.80. The number of ether oxygens (including phenoxy) is 2. The fourth-order valence-electron chi connectivity index (χ4n) is 4.36. The zero-order valence-corrected chi connectivity index (χ0v) is 22.3. The lowest BCUT2D eigenvalue weighted by atomic mass is 9.97. The molecule has 0 unspecified atom stereocenters. The van der Waals surface area contributed by atoms with E-state index in [9.17, 15) is 9.90 Å². The summed E-state index contributed by atoms with van der Waals surface area (Å²) in [5, 5.41) is 21.9. The molecule has 0 aliphatic rings. The lowest BCUT2D eigenvalue weighted by molar-refractivity contribution is -0.139. The van der Waals surface area contributed by atoms with Gasteiger partial charge in [0.2, 0.25) is 0 Å². The second kappa shape index (κ2) is 13.9. The van der Waals surface area contributed by atoms with Crippen molar-refractivity contribution in [3.8, 4) is 22.6 Å². The molecule has 0 fully saturated rings. The minimum Gasteiger partial charge on any atom is -0.489 e. The molecule has 0 spiro atoms. The Labute approximate surface area is 234 Å². The van der Waals surface area contributed by atoms with Gasteiger partial charge in [-0.3, -0.25) is 4.79 Å². The van der Waals surface area contributed by atoms with Gasteiger partial charge in [-0.05, 0) is 46.9 Å². The van der Waals surface area contributed by atoms with Gasteiger partial charge in [-0.2, -0.15) is 0 Å². The number of aliphatic carboxylic acids is 1. The highest BCUT2D eigenvalue weighted by molar-refractivity contribution is 5.68. The number of carbonyl (C=O) groups is 1. The molecule has 3 N–H and O–H groups in total. The third kappa shape index (κ3) is 7.93. The molecule has 0 aliphatic carbocycles. The van der Waals surface area contributed by atoms with Gasteiger partial charge in [-0.1, -0.05) is 72.8 Å². The van der Waals surface area contributed by atoms with E-state index in [0.29, 0.717) is 30.3 Å². The van der Waals surface area contributed by atoms with Crippen LogP contribution in [0, 0.1) is 13.5 Å². The molecule has 0 aliphatic heterocycles. The first-order valence-electron chi connectivity index (χ1n) is 13.0. The number of aliphatic hydroxyl groups excluding tert-OH is 1. The number of hydrogen-bond acceptors (Lipinski definition) is 5. The molecule has 1 atom stereocenters. The number of rotatable bonds is 13. The summed E-state index contributed by atoms with van der Waals surface area (Å²) in [4.78, 5) is 14.3. The highest BCUT2D eigenvalue weighted by atomic mass is 16.5. The fraction of sp³-hybridized carbons (Fsp3) is 0.212. The number of aliphatic hydroxyl groups is 1. The Morgan fingerprint density at radius 3 is 2.50 bits per heavy atom. The van der Waals surface area contributed by atoms with Crippen molar-refractivity contribution in [3.63, 3.8) is 0 Å². The Kier molecular flexibility index (Phi) is 9.89. The van der Waals surface area contributed by atoms with Gasteiger partial charge in [0.15, 0.2) is 5.69 Å². The molecular formula is C33H32N2O5. The Hall–Kier alpha value is -4.64. The molecule has 0 saturated heterocycles. The van der Waals surface area contributed by atoms with Crippen molar-refractivity contribution >= 4 is 11.7 Å². The van der Waals surface area contributed by atoms with Crippen LogP contribution in [0.2, 0.25) is 0 Å². The largest absolute Gasteiger partial charge is 0.489 e. The van der Waals surface area contributed by atoms with Gasteiger partial charge in [0.05, 0.1) is 19.1 Å². The van der Waals surface area contributed by atoms with Gasteiger partial charge in [0.25, 0.3) is 0 Å².